The summed E-state index contributed by atoms with van der Waals surface area (Å²) in [5.74, 6) is 0.577. The molecule has 1 unspecified atom stereocenters. The average Bonchev–Trinajstić information content (AvgIpc) is 2.24. The zero-order valence-electron chi connectivity index (χ0n) is 11.7. The van der Waals surface area contributed by atoms with Gasteiger partial charge < -0.3 is 10.6 Å². The van der Waals surface area contributed by atoms with Gasteiger partial charge in [-0.1, -0.05) is 26.8 Å². The Balaban J connectivity index is 0. The lowest BCUT2D eigenvalue weighted by molar-refractivity contribution is -0.125. The van der Waals surface area contributed by atoms with E-state index in [0.717, 1.165) is 25.0 Å². The Morgan fingerprint density at radius 1 is 1.41 bits per heavy atom. The molecule has 0 spiro atoms. The highest BCUT2D eigenvalue weighted by Gasteiger charge is 2.13. The summed E-state index contributed by atoms with van der Waals surface area (Å²) in [7, 11) is 1.84. The van der Waals surface area contributed by atoms with E-state index in [1.165, 1.54) is 0 Å². The van der Waals surface area contributed by atoms with Crippen molar-refractivity contribution in [2.45, 2.75) is 46.6 Å². The number of likely N-dealkylation sites (N-methyl/N-ethyl adjacent to an activating group) is 1. The second kappa shape index (κ2) is 9.49. The summed E-state index contributed by atoms with van der Waals surface area (Å²) in [4.78, 5) is 13.6. The van der Waals surface area contributed by atoms with E-state index in [-0.39, 0.29) is 24.4 Å². The Hall–Kier alpha value is -0.540. The summed E-state index contributed by atoms with van der Waals surface area (Å²) in [6, 6.07) is 0.172. The molecule has 0 rings (SSSR count). The standard InChI is InChI=1S/C13H26N2O.ClH/c1-6-7-11(4)13(16)15(5)9-8-12(14)10(2)3;/h7,10,12H,6,8-9,14H2,1-5H3;1H/b11-7+;. The number of nitrogens with zero attached hydrogens (tertiary/aromatic N) is 1. The van der Waals surface area contributed by atoms with Crippen LogP contribution >= 0.6 is 12.4 Å². The van der Waals surface area contributed by atoms with Crippen LogP contribution in [0.2, 0.25) is 0 Å². The van der Waals surface area contributed by atoms with E-state index >= 15 is 0 Å². The SMILES string of the molecule is CC/C=C(\C)C(=O)N(C)CCC(N)C(C)C.Cl. The maximum atomic E-state index is 11.8. The summed E-state index contributed by atoms with van der Waals surface area (Å²) >= 11 is 0. The summed E-state index contributed by atoms with van der Waals surface area (Å²) in [6.07, 6.45) is 3.72. The van der Waals surface area contributed by atoms with Crippen molar-refractivity contribution in [3.05, 3.63) is 11.6 Å². The highest BCUT2D eigenvalue weighted by Crippen LogP contribution is 2.06. The van der Waals surface area contributed by atoms with E-state index in [9.17, 15) is 4.79 Å². The Labute approximate surface area is 112 Å². The topological polar surface area (TPSA) is 46.3 Å². The van der Waals surface area contributed by atoms with Crippen LogP contribution in [0.3, 0.4) is 0 Å². The van der Waals surface area contributed by atoms with E-state index < -0.39 is 0 Å². The van der Waals surface area contributed by atoms with Gasteiger partial charge in [0.2, 0.25) is 5.91 Å². The number of hydrogen-bond donors (Lipinski definition) is 1. The third-order valence-electron chi connectivity index (χ3n) is 2.85. The molecule has 102 valence electrons. The van der Waals surface area contributed by atoms with Crippen LogP contribution in [0.1, 0.15) is 40.5 Å². The predicted octanol–water partition coefficient (Wildman–Crippen LogP) is 2.60. The van der Waals surface area contributed by atoms with Crippen molar-refractivity contribution in [3.63, 3.8) is 0 Å². The van der Waals surface area contributed by atoms with E-state index in [0.29, 0.717) is 5.92 Å². The van der Waals surface area contributed by atoms with E-state index in [1.807, 2.05) is 27.0 Å². The molecule has 1 atom stereocenters. The van der Waals surface area contributed by atoms with Crippen LogP contribution in [-0.4, -0.2) is 30.4 Å². The Bertz CT molecular complexity index is 252. The molecule has 4 heteroatoms. The molecule has 0 aromatic carbocycles. The number of amides is 1. The molecule has 0 aromatic heterocycles. The second-order valence-corrected chi connectivity index (χ2v) is 4.72. The molecule has 0 saturated heterocycles. The zero-order chi connectivity index (χ0) is 12.7. The second-order valence-electron chi connectivity index (χ2n) is 4.72. The maximum Gasteiger partial charge on any atom is 0.248 e. The van der Waals surface area contributed by atoms with Crippen molar-refractivity contribution in [1.29, 1.82) is 0 Å². The van der Waals surface area contributed by atoms with Gasteiger partial charge in [-0.05, 0) is 25.7 Å². The monoisotopic (exact) mass is 262 g/mol. The van der Waals surface area contributed by atoms with Crippen molar-refractivity contribution < 1.29 is 4.79 Å². The molecule has 17 heavy (non-hydrogen) atoms. The molecule has 0 aliphatic carbocycles. The van der Waals surface area contributed by atoms with Crippen LogP contribution in [-0.2, 0) is 4.79 Å². The predicted molar refractivity (Wildman–Crippen MR) is 76.4 cm³/mol. The zero-order valence-corrected chi connectivity index (χ0v) is 12.5. The molecule has 0 radical (unpaired) electrons. The third-order valence-corrected chi connectivity index (χ3v) is 2.85. The first kappa shape index (κ1) is 18.8. The van der Waals surface area contributed by atoms with Crippen LogP contribution in [0, 0.1) is 5.92 Å². The smallest absolute Gasteiger partial charge is 0.248 e. The number of hydrogen-bond acceptors (Lipinski definition) is 2. The van der Waals surface area contributed by atoms with Gasteiger partial charge in [-0.25, -0.2) is 0 Å². The van der Waals surface area contributed by atoms with E-state index in [1.54, 1.807) is 4.90 Å². The number of rotatable bonds is 6. The number of halogens is 1. The van der Waals surface area contributed by atoms with Gasteiger partial charge in [-0.15, -0.1) is 12.4 Å². The van der Waals surface area contributed by atoms with Crippen molar-refractivity contribution >= 4 is 18.3 Å². The minimum atomic E-state index is 0. The lowest BCUT2D eigenvalue weighted by Crippen LogP contribution is -2.34. The third kappa shape index (κ3) is 7.40. The number of carbonyl (C=O) groups excluding carboxylic acids is 1. The molecule has 0 heterocycles. The average molecular weight is 263 g/mol. The summed E-state index contributed by atoms with van der Waals surface area (Å²) in [6.45, 7) is 8.84. The van der Waals surface area contributed by atoms with Crippen LogP contribution in [0.25, 0.3) is 0 Å². The fourth-order valence-electron chi connectivity index (χ4n) is 1.47. The number of allylic oxidation sites excluding steroid dienone is 1. The Morgan fingerprint density at radius 2 is 1.94 bits per heavy atom. The lowest BCUT2D eigenvalue weighted by atomic mass is 10.0. The van der Waals surface area contributed by atoms with Crippen molar-refractivity contribution in [1.82, 2.24) is 4.90 Å². The minimum absolute atomic E-state index is 0. The lowest BCUT2D eigenvalue weighted by Gasteiger charge is -2.21. The van der Waals surface area contributed by atoms with Gasteiger partial charge in [0.15, 0.2) is 0 Å². The number of carbonyl (C=O) groups is 1. The van der Waals surface area contributed by atoms with Gasteiger partial charge in [0.05, 0.1) is 0 Å². The van der Waals surface area contributed by atoms with Crippen LogP contribution in [0.4, 0.5) is 0 Å². The van der Waals surface area contributed by atoms with Crippen molar-refractivity contribution in [2.75, 3.05) is 13.6 Å². The van der Waals surface area contributed by atoms with Crippen LogP contribution in [0.5, 0.6) is 0 Å². The molecular formula is C13H27ClN2O. The van der Waals surface area contributed by atoms with Gasteiger partial charge in [0, 0.05) is 25.2 Å². The first-order valence-electron chi connectivity index (χ1n) is 6.07. The van der Waals surface area contributed by atoms with Gasteiger partial charge in [-0.3, -0.25) is 4.79 Å². The molecule has 0 bridgehead atoms. The molecule has 0 aliphatic heterocycles. The molecule has 0 saturated carbocycles. The molecule has 3 nitrogen and oxygen atoms in total. The fourth-order valence-corrected chi connectivity index (χ4v) is 1.47. The maximum absolute atomic E-state index is 11.8. The summed E-state index contributed by atoms with van der Waals surface area (Å²) in [5.41, 5.74) is 6.77. The fraction of sp³-hybridized carbons (Fsp3) is 0.769. The Kier molecular flexibility index (Phi) is 10.5. The van der Waals surface area contributed by atoms with Crippen molar-refractivity contribution in [2.24, 2.45) is 11.7 Å². The highest BCUT2D eigenvalue weighted by atomic mass is 35.5. The summed E-state index contributed by atoms with van der Waals surface area (Å²) in [5, 5.41) is 0. The van der Waals surface area contributed by atoms with Crippen LogP contribution < -0.4 is 5.73 Å². The van der Waals surface area contributed by atoms with E-state index in [4.69, 9.17) is 5.73 Å². The minimum Gasteiger partial charge on any atom is -0.342 e. The van der Waals surface area contributed by atoms with Gasteiger partial charge in [0.25, 0.3) is 0 Å². The Morgan fingerprint density at radius 3 is 2.35 bits per heavy atom. The highest BCUT2D eigenvalue weighted by molar-refractivity contribution is 5.92. The van der Waals surface area contributed by atoms with Gasteiger partial charge in [0.1, 0.15) is 0 Å². The van der Waals surface area contributed by atoms with Gasteiger partial charge >= 0.3 is 0 Å². The largest absolute Gasteiger partial charge is 0.342 e. The molecule has 0 fully saturated rings. The summed E-state index contributed by atoms with van der Waals surface area (Å²) < 4.78 is 0. The first-order chi connectivity index (χ1) is 7.40. The van der Waals surface area contributed by atoms with Crippen molar-refractivity contribution in [3.8, 4) is 0 Å². The van der Waals surface area contributed by atoms with Gasteiger partial charge in [-0.2, -0.15) is 0 Å². The molecule has 1 amide bonds. The first-order valence-corrected chi connectivity index (χ1v) is 6.07. The normalized spacial score (nSPS) is 13.2. The molecule has 0 aromatic rings. The quantitative estimate of drug-likeness (QED) is 0.748. The number of nitrogens with two attached hydrogens (primary N) is 1. The molecular weight excluding hydrogens is 236 g/mol. The van der Waals surface area contributed by atoms with E-state index in [2.05, 4.69) is 13.8 Å². The molecule has 0 aliphatic rings. The van der Waals surface area contributed by atoms with Crippen LogP contribution in [0.15, 0.2) is 11.6 Å². The molecule has 2 N–H and O–H groups in total.